The second-order valence-electron chi connectivity index (χ2n) is 13.2. The monoisotopic (exact) mass is 679 g/mol. The maximum absolute atomic E-state index is 14.0. The number of benzene rings is 1. The molecule has 5 bridgehead atoms. The number of hydrazine groups is 1. The maximum Gasteiger partial charge on any atom is 0.321 e. The van der Waals surface area contributed by atoms with Crippen LogP contribution in [0.25, 0.3) is 17.0 Å². The SMILES string of the molecule is CCCC(=O)OC1OCC2(/C=C/c3ccc4ccc(nc4c3)[C@@H](C)NC(=O)[C@@H]3CCCN(N3)C(=O)[C@H](C)NC(=O)[C@H](C(C)C)OC2=O)CO1. The molecule has 3 N–H and O–H groups in total. The first-order valence-electron chi connectivity index (χ1n) is 16.8. The maximum atomic E-state index is 14.0. The lowest BCUT2D eigenvalue weighted by Gasteiger charge is -2.37. The van der Waals surface area contributed by atoms with Crippen molar-refractivity contribution in [2.45, 2.75) is 91.0 Å². The van der Waals surface area contributed by atoms with Crippen molar-refractivity contribution < 1.29 is 42.9 Å². The quantitative estimate of drug-likeness (QED) is 0.406. The van der Waals surface area contributed by atoms with Gasteiger partial charge in [0.2, 0.25) is 5.91 Å². The van der Waals surface area contributed by atoms with E-state index in [0.29, 0.717) is 42.6 Å². The summed E-state index contributed by atoms with van der Waals surface area (Å²) in [5, 5.41) is 7.90. The fraction of sp³-hybridized carbons (Fsp3) is 0.543. The number of nitrogens with zero attached hydrogens (tertiary/aromatic N) is 2. The number of carbonyl (C=O) groups excluding carboxylic acids is 5. The number of ether oxygens (including phenoxy) is 4. The van der Waals surface area contributed by atoms with E-state index in [0.717, 1.165) is 5.39 Å². The van der Waals surface area contributed by atoms with Crippen molar-refractivity contribution in [3.8, 4) is 0 Å². The number of esters is 2. The third-order valence-electron chi connectivity index (χ3n) is 8.77. The van der Waals surface area contributed by atoms with E-state index >= 15 is 0 Å². The highest BCUT2D eigenvalue weighted by Crippen LogP contribution is 2.32. The molecule has 4 atom stereocenters. The van der Waals surface area contributed by atoms with Crippen molar-refractivity contribution in [3.63, 3.8) is 0 Å². The highest BCUT2D eigenvalue weighted by atomic mass is 16.9. The van der Waals surface area contributed by atoms with E-state index in [-0.39, 0.29) is 25.5 Å². The third-order valence-corrected chi connectivity index (χ3v) is 8.77. The van der Waals surface area contributed by atoms with Crippen LogP contribution in [0.2, 0.25) is 0 Å². The molecule has 5 rings (SSSR count). The minimum atomic E-state index is -1.52. The first-order chi connectivity index (χ1) is 23.4. The smallest absolute Gasteiger partial charge is 0.321 e. The summed E-state index contributed by atoms with van der Waals surface area (Å²) in [6, 6.07) is 7.29. The van der Waals surface area contributed by atoms with Crippen molar-refractivity contribution in [2.24, 2.45) is 11.3 Å². The van der Waals surface area contributed by atoms with E-state index in [9.17, 15) is 24.0 Å². The Balaban J connectivity index is 1.50. The first-order valence-corrected chi connectivity index (χ1v) is 16.8. The molecular formula is C35H45N5O9. The summed E-state index contributed by atoms with van der Waals surface area (Å²) in [5.74, 6) is -3.13. The number of hydrogen-bond donors (Lipinski definition) is 3. The number of amides is 3. The highest BCUT2D eigenvalue weighted by molar-refractivity contribution is 5.92. The van der Waals surface area contributed by atoms with Gasteiger partial charge in [0.25, 0.3) is 11.8 Å². The summed E-state index contributed by atoms with van der Waals surface area (Å²) in [4.78, 5) is 71.1. The van der Waals surface area contributed by atoms with E-state index in [2.05, 4.69) is 16.1 Å². The molecule has 14 nitrogen and oxygen atoms in total. The second-order valence-corrected chi connectivity index (χ2v) is 13.2. The van der Waals surface area contributed by atoms with Crippen LogP contribution in [0.3, 0.4) is 0 Å². The topological polar surface area (TPSA) is 174 Å². The predicted molar refractivity (Wildman–Crippen MR) is 177 cm³/mol. The van der Waals surface area contributed by atoms with Gasteiger partial charge in [0.05, 0.1) is 30.5 Å². The molecule has 3 aliphatic rings. The van der Waals surface area contributed by atoms with Crippen molar-refractivity contribution in [2.75, 3.05) is 19.8 Å². The van der Waals surface area contributed by atoms with Crippen LogP contribution in [-0.4, -0.2) is 84.1 Å². The molecule has 0 aliphatic carbocycles. The zero-order valence-electron chi connectivity index (χ0n) is 28.5. The molecule has 0 radical (unpaired) electrons. The van der Waals surface area contributed by atoms with E-state index in [1.54, 1.807) is 26.0 Å². The molecule has 49 heavy (non-hydrogen) atoms. The Morgan fingerprint density at radius 2 is 1.76 bits per heavy atom. The van der Waals surface area contributed by atoms with Crippen LogP contribution < -0.4 is 16.1 Å². The molecule has 3 aliphatic heterocycles. The normalized spacial score (nSPS) is 29.3. The standard InChI is InChI=1S/C35H45N5O9/c1-6-8-28(41)48-34-46-18-35(19-47-34)15-14-23-10-11-24-12-13-25(38-27(24)17-23)21(4)36-30(42)26-9-7-16-40(39-26)32(44)22(5)37-31(43)29(20(2)3)49-33(35)45/h10-15,17,20-22,26,29,34,39H,6-9,16,18-19H2,1-5H3,(H,36,42)(H,37,43)/b15-14+/t21-,22+,26+,29+,34?,35?/m1/s1. The Morgan fingerprint density at radius 1 is 1.04 bits per heavy atom. The van der Waals surface area contributed by atoms with Gasteiger partial charge in [-0.15, -0.1) is 0 Å². The van der Waals surface area contributed by atoms with Gasteiger partial charge in [0.15, 0.2) is 6.10 Å². The zero-order valence-corrected chi connectivity index (χ0v) is 28.5. The fourth-order valence-electron chi connectivity index (χ4n) is 5.83. The van der Waals surface area contributed by atoms with E-state index in [1.807, 2.05) is 44.2 Å². The van der Waals surface area contributed by atoms with E-state index in [4.69, 9.17) is 23.9 Å². The molecule has 0 unspecified atom stereocenters. The predicted octanol–water partition coefficient (Wildman–Crippen LogP) is 2.67. The van der Waals surface area contributed by atoms with Gasteiger partial charge in [0, 0.05) is 18.4 Å². The number of pyridine rings is 1. The Morgan fingerprint density at radius 3 is 2.47 bits per heavy atom. The molecule has 2 fully saturated rings. The van der Waals surface area contributed by atoms with E-state index in [1.165, 1.54) is 11.9 Å². The summed E-state index contributed by atoms with van der Waals surface area (Å²) < 4.78 is 22.5. The van der Waals surface area contributed by atoms with Crippen LogP contribution >= 0.6 is 0 Å². The van der Waals surface area contributed by atoms with E-state index < -0.39 is 65.8 Å². The molecule has 4 heterocycles. The van der Waals surface area contributed by atoms with Crippen LogP contribution in [0.1, 0.15) is 77.6 Å². The lowest BCUT2D eigenvalue weighted by Crippen LogP contribution is -2.61. The van der Waals surface area contributed by atoms with Gasteiger partial charge in [-0.2, -0.15) is 0 Å². The second kappa shape index (κ2) is 15.4. The number of carbonyl (C=O) groups is 5. The number of rotatable bonds is 4. The molecule has 1 aromatic carbocycles. The average Bonchev–Trinajstić information content (AvgIpc) is 3.09. The Bertz CT molecular complexity index is 1600. The van der Waals surface area contributed by atoms with Gasteiger partial charge in [0.1, 0.15) is 17.5 Å². The molecule has 264 valence electrons. The molecule has 1 aromatic heterocycles. The average molecular weight is 680 g/mol. The number of nitrogens with one attached hydrogen (secondary N) is 3. The Labute approximate surface area is 285 Å². The van der Waals surface area contributed by atoms with Gasteiger partial charge in [-0.3, -0.25) is 34.0 Å². The number of hydrogen-bond acceptors (Lipinski definition) is 11. The summed E-state index contributed by atoms with van der Waals surface area (Å²) in [6.07, 6.45) is 3.90. The minimum absolute atomic E-state index is 0.180. The minimum Gasteiger partial charge on any atom is -0.451 e. The first kappa shape index (κ1) is 35.9. The number of aromatic nitrogens is 1. The van der Waals surface area contributed by atoms with Crippen LogP contribution in [0.4, 0.5) is 0 Å². The van der Waals surface area contributed by atoms with Crippen LogP contribution in [-0.2, 0) is 42.9 Å². The summed E-state index contributed by atoms with van der Waals surface area (Å²) >= 11 is 0. The van der Waals surface area contributed by atoms with Gasteiger partial charge < -0.3 is 29.6 Å². The number of fused-ring (bicyclic) bond motifs is 4. The Hall–Kier alpha value is -4.40. The lowest BCUT2D eigenvalue weighted by atomic mass is 9.88. The fourth-order valence-corrected chi connectivity index (χ4v) is 5.83. The molecule has 1 spiro atoms. The molecule has 3 amide bonds. The van der Waals surface area contributed by atoms with Crippen LogP contribution in [0.15, 0.2) is 36.4 Å². The summed E-state index contributed by atoms with van der Waals surface area (Å²) in [6.45, 7) is 7.17. The molecule has 2 saturated heterocycles. The van der Waals surface area contributed by atoms with Crippen molar-refractivity contribution in [1.82, 2.24) is 26.1 Å². The van der Waals surface area contributed by atoms with Gasteiger partial charge >= 0.3 is 18.4 Å². The molecule has 14 heteroatoms. The van der Waals surface area contributed by atoms with Crippen molar-refractivity contribution >= 4 is 46.6 Å². The van der Waals surface area contributed by atoms with Crippen molar-refractivity contribution in [3.05, 3.63) is 47.7 Å². The van der Waals surface area contributed by atoms with Gasteiger partial charge in [-0.05, 0) is 56.7 Å². The molecule has 0 saturated carbocycles. The van der Waals surface area contributed by atoms with Crippen LogP contribution in [0, 0.1) is 11.3 Å². The number of cyclic esters (lactones) is 1. The molecule has 2 aromatic rings. The van der Waals surface area contributed by atoms with Crippen molar-refractivity contribution in [1.29, 1.82) is 0 Å². The Kier molecular flexibility index (Phi) is 11.3. The highest BCUT2D eigenvalue weighted by Gasteiger charge is 2.46. The lowest BCUT2D eigenvalue weighted by molar-refractivity contribution is -0.317. The van der Waals surface area contributed by atoms with Gasteiger partial charge in [-0.1, -0.05) is 51.1 Å². The summed E-state index contributed by atoms with van der Waals surface area (Å²) in [5.41, 5.74) is 3.51. The summed E-state index contributed by atoms with van der Waals surface area (Å²) in [7, 11) is 0. The largest absolute Gasteiger partial charge is 0.451 e. The third kappa shape index (κ3) is 8.43. The van der Waals surface area contributed by atoms with Crippen LogP contribution in [0.5, 0.6) is 0 Å². The zero-order chi connectivity index (χ0) is 35.3. The molecular weight excluding hydrogens is 634 g/mol. The van der Waals surface area contributed by atoms with Gasteiger partial charge in [-0.25, -0.2) is 5.43 Å².